The molecule has 1 aromatic heterocycles. The minimum absolute atomic E-state index is 0.0337. The standard InChI is InChI=1S/C23H22N4O2S/c1-24-21(28)15-9-7-14(8-10-15)11-27-18-6-4-3-5-16(18)20-17-12-26(13-19(20)27)23(29)25(2)22(17)30/h3-10,17H,11-13H2,1-2H3,(H,24,28). The van der Waals surface area contributed by atoms with Crippen LogP contribution >= 0.6 is 12.2 Å². The first kappa shape index (κ1) is 18.8. The van der Waals surface area contributed by atoms with Crippen molar-refractivity contribution >= 4 is 40.0 Å². The predicted molar refractivity (Wildman–Crippen MR) is 120 cm³/mol. The summed E-state index contributed by atoms with van der Waals surface area (Å²) in [6.07, 6.45) is 0. The quantitative estimate of drug-likeness (QED) is 0.664. The Morgan fingerprint density at radius 3 is 2.63 bits per heavy atom. The Balaban J connectivity index is 1.62. The fraction of sp³-hybridized carbons (Fsp3) is 0.261. The molecule has 0 spiro atoms. The zero-order valence-corrected chi connectivity index (χ0v) is 17.7. The minimum Gasteiger partial charge on any atom is -0.355 e. The van der Waals surface area contributed by atoms with Gasteiger partial charge in [0.2, 0.25) is 0 Å². The molecule has 2 bridgehead atoms. The molecule has 1 N–H and O–H groups in total. The maximum absolute atomic E-state index is 12.7. The SMILES string of the molecule is CNC(=O)c1ccc(Cn2c3c(c4ccccc42)C2CN(C3)C(=O)N(C)C2=S)cc1. The summed E-state index contributed by atoms with van der Waals surface area (Å²) in [4.78, 5) is 28.7. The number of rotatable bonds is 3. The van der Waals surface area contributed by atoms with Gasteiger partial charge in [-0.05, 0) is 29.3 Å². The summed E-state index contributed by atoms with van der Waals surface area (Å²) in [5.41, 5.74) is 5.27. The van der Waals surface area contributed by atoms with Gasteiger partial charge < -0.3 is 14.8 Å². The smallest absolute Gasteiger partial charge is 0.325 e. The lowest BCUT2D eigenvalue weighted by molar-refractivity contribution is 0.0963. The van der Waals surface area contributed by atoms with E-state index in [9.17, 15) is 9.59 Å². The molecule has 0 saturated carbocycles. The third-order valence-electron chi connectivity index (χ3n) is 6.18. The monoisotopic (exact) mass is 418 g/mol. The number of carbonyl (C=O) groups excluding carboxylic acids is 2. The van der Waals surface area contributed by atoms with Crippen LogP contribution in [0.5, 0.6) is 0 Å². The van der Waals surface area contributed by atoms with Crippen molar-refractivity contribution in [2.45, 2.75) is 19.0 Å². The fourth-order valence-corrected chi connectivity index (χ4v) is 4.93. The van der Waals surface area contributed by atoms with Crippen LogP contribution in [-0.4, -0.2) is 51.9 Å². The van der Waals surface area contributed by atoms with E-state index in [1.807, 2.05) is 35.2 Å². The normalized spacial score (nSPS) is 18.0. The maximum Gasteiger partial charge on any atom is 0.325 e. The summed E-state index contributed by atoms with van der Waals surface area (Å²) in [5, 5.41) is 3.85. The number of thiocarbonyl (C=S) groups is 1. The summed E-state index contributed by atoms with van der Waals surface area (Å²) in [5.74, 6) is -0.0599. The number of benzene rings is 2. The van der Waals surface area contributed by atoms with Gasteiger partial charge in [-0.3, -0.25) is 9.69 Å². The Labute approximate surface area is 180 Å². The van der Waals surface area contributed by atoms with E-state index in [1.54, 1.807) is 19.0 Å². The lowest BCUT2D eigenvalue weighted by Gasteiger charge is -2.42. The molecule has 2 aromatic carbocycles. The van der Waals surface area contributed by atoms with Gasteiger partial charge in [-0.2, -0.15) is 0 Å². The van der Waals surface area contributed by atoms with E-state index in [2.05, 4.69) is 28.1 Å². The number of hydrogen-bond acceptors (Lipinski definition) is 3. The summed E-state index contributed by atoms with van der Waals surface area (Å²) in [7, 11) is 3.39. The highest BCUT2D eigenvalue weighted by atomic mass is 32.1. The fourth-order valence-electron chi connectivity index (χ4n) is 4.66. The van der Waals surface area contributed by atoms with E-state index in [0.29, 0.717) is 30.2 Å². The van der Waals surface area contributed by atoms with Gasteiger partial charge >= 0.3 is 6.03 Å². The lowest BCUT2D eigenvalue weighted by atomic mass is 9.89. The van der Waals surface area contributed by atoms with Gasteiger partial charge in [0.25, 0.3) is 5.91 Å². The zero-order chi connectivity index (χ0) is 21.0. The summed E-state index contributed by atoms with van der Waals surface area (Å²) in [6.45, 7) is 1.88. The molecular formula is C23H22N4O2S. The number of nitrogens with one attached hydrogen (secondary N) is 1. The summed E-state index contributed by atoms with van der Waals surface area (Å²) in [6, 6.07) is 16.0. The molecule has 30 heavy (non-hydrogen) atoms. The van der Waals surface area contributed by atoms with Crippen LogP contribution in [0.2, 0.25) is 0 Å². The first-order chi connectivity index (χ1) is 14.5. The second kappa shape index (κ2) is 6.95. The van der Waals surface area contributed by atoms with Crippen molar-refractivity contribution in [1.29, 1.82) is 0 Å². The van der Waals surface area contributed by atoms with Crippen molar-refractivity contribution in [2.24, 2.45) is 0 Å². The van der Waals surface area contributed by atoms with Crippen molar-refractivity contribution in [1.82, 2.24) is 19.7 Å². The Hall–Kier alpha value is -3.19. The second-order valence-electron chi connectivity index (χ2n) is 7.85. The molecular weight excluding hydrogens is 396 g/mol. The van der Waals surface area contributed by atoms with Crippen molar-refractivity contribution in [2.75, 3.05) is 20.6 Å². The Bertz CT molecular complexity index is 1200. The number of nitrogens with zero attached hydrogens (tertiary/aromatic N) is 3. The van der Waals surface area contributed by atoms with Crippen molar-refractivity contribution in [3.8, 4) is 0 Å². The Kier molecular flexibility index (Phi) is 4.36. The molecule has 7 heteroatoms. The highest BCUT2D eigenvalue weighted by molar-refractivity contribution is 7.80. The molecule has 2 aliphatic rings. The van der Waals surface area contributed by atoms with E-state index in [1.165, 1.54) is 10.9 Å². The van der Waals surface area contributed by atoms with Crippen LogP contribution in [0.3, 0.4) is 0 Å². The first-order valence-electron chi connectivity index (χ1n) is 9.97. The van der Waals surface area contributed by atoms with Gasteiger partial charge in [0, 0.05) is 49.3 Å². The number of amides is 3. The summed E-state index contributed by atoms with van der Waals surface area (Å²) >= 11 is 5.67. The number of aromatic nitrogens is 1. The molecule has 6 nitrogen and oxygen atoms in total. The molecule has 5 rings (SSSR count). The molecule has 1 fully saturated rings. The molecule has 0 aliphatic carbocycles. The van der Waals surface area contributed by atoms with Crippen LogP contribution in [0.25, 0.3) is 10.9 Å². The van der Waals surface area contributed by atoms with E-state index < -0.39 is 0 Å². The van der Waals surface area contributed by atoms with Gasteiger partial charge in [-0.1, -0.05) is 42.5 Å². The third-order valence-corrected chi connectivity index (χ3v) is 6.74. The second-order valence-corrected chi connectivity index (χ2v) is 8.27. The molecule has 152 valence electrons. The molecule has 3 heterocycles. The largest absolute Gasteiger partial charge is 0.355 e. The average Bonchev–Trinajstić information content (AvgIpc) is 3.09. The van der Waals surface area contributed by atoms with Crippen LogP contribution < -0.4 is 5.32 Å². The zero-order valence-electron chi connectivity index (χ0n) is 16.9. The summed E-state index contributed by atoms with van der Waals surface area (Å²) < 4.78 is 2.29. The van der Waals surface area contributed by atoms with Crippen LogP contribution in [0.1, 0.15) is 33.1 Å². The van der Waals surface area contributed by atoms with E-state index in [4.69, 9.17) is 12.2 Å². The van der Waals surface area contributed by atoms with Gasteiger partial charge in [-0.15, -0.1) is 0 Å². The molecule has 3 aromatic rings. The van der Waals surface area contributed by atoms with E-state index in [0.717, 1.165) is 16.8 Å². The number of fused-ring (bicyclic) bond motifs is 6. The van der Waals surface area contributed by atoms with Crippen molar-refractivity contribution in [3.63, 3.8) is 0 Å². The highest BCUT2D eigenvalue weighted by Gasteiger charge is 2.42. The van der Waals surface area contributed by atoms with Gasteiger partial charge in [0.15, 0.2) is 0 Å². The molecule has 3 amide bonds. The number of para-hydroxylation sites is 1. The first-order valence-corrected chi connectivity index (χ1v) is 10.4. The molecule has 1 atom stereocenters. The van der Waals surface area contributed by atoms with Crippen LogP contribution in [-0.2, 0) is 13.1 Å². The van der Waals surface area contributed by atoms with Crippen molar-refractivity contribution in [3.05, 3.63) is 70.9 Å². The van der Waals surface area contributed by atoms with Crippen LogP contribution in [0.4, 0.5) is 4.79 Å². The number of hydrogen-bond donors (Lipinski definition) is 1. The molecule has 1 saturated heterocycles. The van der Waals surface area contributed by atoms with Crippen LogP contribution in [0.15, 0.2) is 48.5 Å². The van der Waals surface area contributed by atoms with Gasteiger partial charge in [-0.25, -0.2) is 4.79 Å². The Morgan fingerprint density at radius 1 is 1.17 bits per heavy atom. The third kappa shape index (κ3) is 2.73. The lowest BCUT2D eigenvalue weighted by Crippen LogP contribution is -2.55. The minimum atomic E-state index is -0.0953. The average molecular weight is 419 g/mol. The number of likely N-dealkylation sites (N-methyl/N-ethyl adjacent to an activating group) is 1. The van der Waals surface area contributed by atoms with E-state index in [-0.39, 0.29) is 17.9 Å². The molecule has 2 aliphatic heterocycles. The number of carbonyl (C=O) groups is 2. The van der Waals surface area contributed by atoms with Crippen molar-refractivity contribution < 1.29 is 9.59 Å². The van der Waals surface area contributed by atoms with E-state index >= 15 is 0 Å². The maximum atomic E-state index is 12.7. The van der Waals surface area contributed by atoms with Crippen LogP contribution in [0, 0.1) is 0 Å². The molecule has 0 radical (unpaired) electrons. The number of urea groups is 1. The topological polar surface area (TPSA) is 57.6 Å². The van der Waals surface area contributed by atoms with Gasteiger partial charge in [0.05, 0.1) is 17.5 Å². The van der Waals surface area contributed by atoms with Gasteiger partial charge in [0.1, 0.15) is 0 Å². The highest BCUT2D eigenvalue weighted by Crippen LogP contribution is 2.41. The predicted octanol–water partition coefficient (Wildman–Crippen LogP) is 3.34. The Morgan fingerprint density at radius 2 is 1.90 bits per heavy atom. The molecule has 1 unspecified atom stereocenters.